The van der Waals surface area contributed by atoms with Crippen LogP contribution in [-0.4, -0.2) is 31.4 Å². The molecule has 4 N–H and O–H groups in total. The summed E-state index contributed by atoms with van der Waals surface area (Å²) in [4.78, 5) is 24.5. The van der Waals surface area contributed by atoms with Crippen molar-refractivity contribution < 1.29 is 14.5 Å². The smallest absolute Gasteiger partial charge is 0.279 e. The largest absolute Gasteiger partial charge is 0.369 e. The summed E-state index contributed by atoms with van der Waals surface area (Å²) in [5.41, 5.74) is 7.47. The second-order valence-electron chi connectivity index (χ2n) is 6.58. The van der Waals surface area contributed by atoms with Crippen molar-refractivity contribution in [2.75, 3.05) is 25.0 Å². The first-order valence-electron chi connectivity index (χ1n) is 8.52. The van der Waals surface area contributed by atoms with Gasteiger partial charge in [0.15, 0.2) is 6.54 Å². The molecule has 0 aromatic heterocycles. The van der Waals surface area contributed by atoms with Crippen LogP contribution in [0.3, 0.4) is 0 Å². The van der Waals surface area contributed by atoms with Gasteiger partial charge in [-0.2, -0.15) is 0 Å². The first kappa shape index (κ1) is 17.5. The third-order valence-electron chi connectivity index (χ3n) is 4.88. The molecular formula is C18H28N3O2+. The minimum Gasteiger partial charge on any atom is -0.369 e. The van der Waals surface area contributed by atoms with E-state index in [1.54, 1.807) is 0 Å². The van der Waals surface area contributed by atoms with E-state index in [-0.39, 0.29) is 17.7 Å². The number of likely N-dealkylation sites (tertiary alicyclic amines) is 1. The molecule has 126 valence electrons. The summed E-state index contributed by atoms with van der Waals surface area (Å²) in [7, 11) is 0. The highest BCUT2D eigenvalue weighted by atomic mass is 16.2. The Morgan fingerprint density at radius 3 is 2.39 bits per heavy atom. The third kappa shape index (κ3) is 5.06. The van der Waals surface area contributed by atoms with Gasteiger partial charge in [-0.05, 0) is 30.0 Å². The van der Waals surface area contributed by atoms with Crippen molar-refractivity contribution in [2.24, 2.45) is 11.7 Å². The average molecular weight is 318 g/mol. The molecule has 1 atom stereocenters. The van der Waals surface area contributed by atoms with E-state index in [2.05, 4.69) is 31.3 Å². The van der Waals surface area contributed by atoms with Gasteiger partial charge in [0, 0.05) is 24.4 Å². The molecule has 0 saturated carbocycles. The lowest BCUT2D eigenvalue weighted by Gasteiger charge is -2.27. The maximum absolute atomic E-state index is 12.1. The number of piperidine rings is 1. The predicted molar refractivity (Wildman–Crippen MR) is 91.3 cm³/mol. The lowest BCUT2D eigenvalue weighted by molar-refractivity contribution is -0.897. The first-order valence-corrected chi connectivity index (χ1v) is 8.52. The molecule has 1 saturated heterocycles. The van der Waals surface area contributed by atoms with Gasteiger partial charge in [0.2, 0.25) is 5.91 Å². The number of nitrogens with two attached hydrogens (primary N) is 1. The zero-order valence-corrected chi connectivity index (χ0v) is 14.1. The molecule has 1 aromatic carbocycles. The molecule has 0 unspecified atom stereocenters. The number of carbonyl (C=O) groups excluding carboxylic acids is 2. The summed E-state index contributed by atoms with van der Waals surface area (Å²) >= 11 is 0. The van der Waals surface area contributed by atoms with Gasteiger partial charge in [-0.3, -0.25) is 9.59 Å². The van der Waals surface area contributed by atoms with E-state index in [9.17, 15) is 9.59 Å². The minimum absolute atomic E-state index is 0.0186. The van der Waals surface area contributed by atoms with Crippen LogP contribution in [0, 0.1) is 5.92 Å². The maximum Gasteiger partial charge on any atom is 0.279 e. The van der Waals surface area contributed by atoms with Gasteiger partial charge in [-0.1, -0.05) is 26.0 Å². The van der Waals surface area contributed by atoms with Crippen LogP contribution in [-0.2, 0) is 9.59 Å². The fourth-order valence-electron chi connectivity index (χ4n) is 3.05. The van der Waals surface area contributed by atoms with Gasteiger partial charge in [0.25, 0.3) is 5.91 Å². The number of hydrogen-bond donors (Lipinski definition) is 3. The number of rotatable bonds is 6. The fraction of sp³-hybridized carbons (Fsp3) is 0.556. The number of amides is 2. The summed E-state index contributed by atoms with van der Waals surface area (Å²) in [6.07, 6.45) is 2.67. The van der Waals surface area contributed by atoms with E-state index in [1.165, 1.54) is 10.5 Å². The molecule has 2 rings (SSSR count). The van der Waals surface area contributed by atoms with Crippen molar-refractivity contribution >= 4 is 17.5 Å². The first-order chi connectivity index (χ1) is 11.0. The number of benzene rings is 1. The van der Waals surface area contributed by atoms with Crippen LogP contribution in [0.2, 0.25) is 0 Å². The molecule has 0 aliphatic carbocycles. The number of quaternary nitrogens is 1. The van der Waals surface area contributed by atoms with Gasteiger partial charge in [0.1, 0.15) is 0 Å². The topological polar surface area (TPSA) is 76.6 Å². The number of anilines is 1. The highest BCUT2D eigenvalue weighted by Gasteiger charge is 2.26. The molecule has 1 aromatic rings. The summed E-state index contributed by atoms with van der Waals surface area (Å²) in [6.45, 7) is 6.47. The van der Waals surface area contributed by atoms with Crippen molar-refractivity contribution in [1.82, 2.24) is 0 Å². The molecule has 0 spiro atoms. The van der Waals surface area contributed by atoms with E-state index < -0.39 is 0 Å². The van der Waals surface area contributed by atoms with Crippen LogP contribution in [0.15, 0.2) is 24.3 Å². The Labute approximate surface area is 138 Å². The summed E-state index contributed by atoms with van der Waals surface area (Å²) in [5.74, 6) is 0.328. The Bertz CT molecular complexity index is 534. The van der Waals surface area contributed by atoms with Crippen LogP contribution in [0.1, 0.15) is 44.6 Å². The highest BCUT2D eigenvalue weighted by molar-refractivity contribution is 5.91. The van der Waals surface area contributed by atoms with Crippen molar-refractivity contribution in [3.8, 4) is 0 Å². The van der Waals surface area contributed by atoms with Crippen LogP contribution in [0.25, 0.3) is 0 Å². The molecule has 1 aliphatic rings. The van der Waals surface area contributed by atoms with E-state index in [1.807, 2.05) is 12.1 Å². The summed E-state index contributed by atoms with van der Waals surface area (Å²) in [6, 6.07) is 8.09. The normalized spacial score (nSPS) is 22.3. The SMILES string of the molecule is CC[C@@H](C)c1ccc(NC(=O)C[NH+]2CCC(C(N)=O)CC2)cc1. The Hall–Kier alpha value is -1.88. The van der Waals surface area contributed by atoms with Gasteiger partial charge < -0.3 is 16.0 Å². The van der Waals surface area contributed by atoms with Crippen LogP contribution in [0.5, 0.6) is 0 Å². The average Bonchev–Trinajstić information content (AvgIpc) is 2.55. The molecule has 0 radical (unpaired) electrons. The standard InChI is InChI=1S/C18H27N3O2/c1-3-13(2)14-4-6-16(7-5-14)20-17(22)12-21-10-8-15(9-11-21)18(19)23/h4-7,13,15H,3,8-12H2,1-2H3,(H2,19,23)(H,20,22)/p+1/t13-/m1/s1. The van der Waals surface area contributed by atoms with Gasteiger partial charge in [-0.25, -0.2) is 0 Å². The zero-order valence-electron chi connectivity index (χ0n) is 14.1. The molecule has 1 aliphatic heterocycles. The van der Waals surface area contributed by atoms with Gasteiger partial charge in [-0.15, -0.1) is 0 Å². The Balaban J connectivity index is 1.80. The van der Waals surface area contributed by atoms with Crippen molar-refractivity contribution in [1.29, 1.82) is 0 Å². The van der Waals surface area contributed by atoms with Crippen molar-refractivity contribution in [3.63, 3.8) is 0 Å². The highest BCUT2D eigenvalue weighted by Crippen LogP contribution is 2.20. The number of hydrogen-bond acceptors (Lipinski definition) is 2. The van der Waals surface area contributed by atoms with E-state index in [0.29, 0.717) is 12.5 Å². The minimum atomic E-state index is -0.213. The Kier molecular flexibility index (Phi) is 6.16. The molecular weight excluding hydrogens is 290 g/mol. The second kappa shape index (κ2) is 8.11. The maximum atomic E-state index is 12.1. The Morgan fingerprint density at radius 1 is 1.26 bits per heavy atom. The van der Waals surface area contributed by atoms with E-state index >= 15 is 0 Å². The molecule has 1 heterocycles. The van der Waals surface area contributed by atoms with Crippen LogP contribution >= 0.6 is 0 Å². The predicted octanol–water partition coefficient (Wildman–Crippen LogP) is 0.919. The Morgan fingerprint density at radius 2 is 1.87 bits per heavy atom. The lowest BCUT2D eigenvalue weighted by atomic mass is 9.96. The summed E-state index contributed by atoms with van der Waals surface area (Å²) < 4.78 is 0. The quantitative estimate of drug-likeness (QED) is 0.729. The number of carbonyl (C=O) groups is 2. The molecule has 1 fully saturated rings. The van der Waals surface area contributed by atoms with E-state index in [0.717, 1.165) is 38.0 Å². The van der Waals surface area contributed by atoms with Gasteiger partial charge in [0.05, 0.1) is 13.1 Å². The third-order valence-corrected chi connectivity index (χ3v) is 4.88. The molecule has 5 nitrogen and oxygen atoms in total. The monoisotopic (exact) mass is 318 g/mol. The van der Waals surface area contributed by atoms with Gasteiger partial charge >= 0.3 is 0 Å². The number of primary amides is 1. The second-order valence-corrected chi connectivity index (χ2v) is 6.58. The molecule has 0 bridgehead atoms. The van der Waals surface area contributed by atoms with Crippen LogP contribution in [0.4, 0.5) is 5.69 Å². The molecule has 2 amide bonds. The number of nitrogens with one attached hydrogen (secondary N) is 2. The molecule has 23 heavy (non-hydrogen) atoms. The zero-order chi connectivity index (χ0) is 16.8. The molecule has 5 heteroatoms. The van der Waals surface area contributed by atoms with Crippen molar-refractivity contribution in [2.45, 2.75) is 39.0 Å². The van der Waals surface area contributed by atoms with Crippen molar-refractivity contribution in [3.05, 3.63) is 29.8 Å². The fourth-order valence-corrected chi connectivity index (χ4v) is 3.05. The van der Waals surface area contributed by atoms with E-state index in [4.69, 9.17) is 5.73 Å². The van der Waals surface area contributed by atoms with Crippen LogP contribution < -0.4 is 16.0 Å². The summed E-state index contributed by atoms with van der Waals surface area (Å²) in [5, 5.41) is 2.96. The lowest BCUT2D eigenvalue weighted by Crippen LogP contribution is -3.14.